The highest BCUT2D eigenvalue weighted by Crippen LogP contribution is 2.34. The van der Waals surface area contributed by atoms with Crippen molar-refractivity contribution in [2.24, 2.45) is 5.92 Å². The molecular formula is C22H29N5O6. The maximum Gasteiger partial charge on any atom is 0.330 e. The Morgan fingerprint density at radius 1 is 1.21 bits per heavy atom. The second kappa shape index (κ2) is 9.80. The summed E-state index contributed by atoms with van der Waals surface area (Å²) in [6, 6.07) is 5.06. The molecule has 3 rings (SSSR count). The molecular weight excluding hydrogens is 430 g/mol. The second-order valence-electron chi connectivity index (χ2n) is 7.84. The number of benzene rings is 1. The van der Waals surface area contributed by atoms with Crippen LogP contribution in [0.2, 0.25) is 0 Å². The zero-order valence-electron chi connectivity index (χ0n) is 19.2. The number of nitrogens with zero attached hydrogens (tertiary/aromatic N) is 3. The molecule has 1 atom stereocenters. The van der Waals surface area contributed by atoms with Crippen molar-refractivity contribution >= 4 is 29.0 Å². The normalized spacial score (nSPS) is 15.6. The summed E-state index contributed by atoms with van der Waals surface area (Å²) in [6.07, 6.45) is 1.49. The Morgan fingerprint density at radius 3 is 2.55 bits per heavy atom. The van der Waals surface area contributed by atoms with Crippen LogP contribution >= 0.6 is 0 Å². The number of nitrogens with one attached hydrogen (secondary N) is 1. The van der Waals surface area contributed by atoms with Gasteiger partial charge in [0.15, 0.2) is 17.2 Å². The lowest BCUT2D eigenvalue weighted by Crippen LogP contribution is -2.42. The van der Waals surface area contributed by atoms with Crippen LogP contribution in [0.4, 0.5) is 17.2 Å². The lowest BCUT2D eigenvalue weighted by Gasteiger charge is -2.23. The first kappa shape index (κ1) is 23.9. The van der Waals surface area contributed by atoms with Crippen LogP contribution in [0.3, 0.4) is 0 Å². The van der Waals surface area contributed by atoms with Gasteiger partial charge in [-0.15, -0.1) is 0 Å². The third-order valence-corrected chi connectivity index (χ3v) is 5.77. The minimum absolute atomic E-state index is 0.0230. The molecule has 11 heteroatoms. The van der Waals surface area contributed by atoms with E-state index >= 15 is 0 Å². The van der Waals surface area contributed by atoms with Gasteiger partial charge < -0.3 is 25.0 Å². The van der Waals surface area contributed by atoms with Gasteiger partial charge in [0, 0.05) is 38.3 Å². The number of aromatic nitrogens is 2. The van der Waals surface area contributed by atoms with Gasteiger partial charge in [0.1, 0.15) is 5.82 Å². The van der Waals surface area contributed by atoms with E-state index in [2.05, 4.69) is 4.98 Å². The summed E-state index contributed by atoms with van der Waals surface area (Å²) in [5.41, 5.74) is 5.21. The smallest absolute Gasteiger partial charge is 0.330 e. The van der Waals surface area contributed by atoms with Crippen LogP contribution in [0.25, 0.3) is 0 Å². The standard InChI is InChI=1S/C22H29N5O6/c1-5-6-9-26-19(23)18(20(29)24-22(26)31)25(2)21(30)13-10-17(28)27(12-13)14-7-8-15(32-3)16(11-14)33-4/h7-8,11,13H,5-6,9-10,12,23H2,1-4H3,(H,24,29,31). The maximum absolute atomic E-state index is 13.2. The Kier molecular flexibility index (Phi) is 7.10. The van der Waals surface area contributed by atoms with Gasteiger partial charge in [-0.25, -0.2) is 4.79 Å². The van der Waals surface area contributed by atoms with Crippen molar-refractivity contribution < 1.29 is 19.1 Å². The number of hydrogen-bond acceptors (Lipinski definition) is 7. The molecule has 1 aromatic carbocycles. The van der Waals surface area contributed by atoms with Gasteiger partial charge in [0.25, 0.3) is 5.56 Å². The Morgan fingerprint density at radius 2 is 1.91 bits per heavy atom. The number of methoxy groups -OCH3 is 2. The Hall–Kier alpha value is -3.76. The van der Waals surface area contributed by atoms with Crippen molar-refractivity contribution in [3.63, 3.8) is 0 Å². The molecule has 2 amide bonds. The second-order valence-corrected chi connectivity index (χ2v) is 7.84. The van der Waals surface area contributed by atoms with E-state index < -0.39 is 23.1 Å². The van der Waals surface area contributed by atoms with E-state index in [1.54, 1.807) is 18.2 Å². The van der Waals surface area contributed by atoms with Crippen LogP contribution in [0.5, 0.6) is 11.5 Å². The number of carbonyl (C=O) groups excluding carboxylic acids is 2. The Bertz CT molecular complexity index is 1170. The van der Waals surface area contributed by atoms with Gasteiger partial charge in [0.05, 0.1) is 20.1 Å². The van der Waals surface area contributed by atoms with Gasteiger partial charge in [-0.1, -0.05) is 13.3 Å². The molecule has 0 bridgehead atoms. The monoisotopic (exact) mass is 459 g/mol. The minimum Gasteiger partial charge on any atom is -0.493 e. The molecule has 1 saturated heterocycles. The molecule has 2 heterocycles. The minimum atomic E-state index is -0.748. The van der Waals surface area contributed by atoms with E-state index in [1.165, 1.54) is 30.7 Å². The number of hydrogen-bond donors (Lipinski definition) is 2. The number of nitrogens with two attached hydrogens (primary N) is 1. The molecule has 2 aromatic rings. The first-order valence-corrected chi connectivity index (χ1v) is 10.7. The molecule has 0 radical (unpaired) electrons. The highest BCUT2D eigenvalue weighted by atomic mass is 16.5. The van der Waals surface area contributed by atoms with Crippen molar-refractivity contribution in [2.75, 3.05) is 43.3 Å². The number of nitrogen functional groups attached to an aromatic ring is 1. The number of aromatic amines is 1. The summed E-state index contributed by atoms with van der Waals surface area (Å²) >= 11 is 0. The molecule has 0 aliphatic carbocycles. The topological polar surface area (TPSA) is 140 Å². The third kappa shape index (κ3) is 4.57. The highest BCUT2D eigenvalue weighted by molar-refractivity contribution is 6.05. The number of ether oxygens (including phenoxy) is 2. The zero-order valence-corrected chi connectivity index (χ0v) is 19.2. The van der Waals surface area contributed by atoms with E-state index in [0.29, 0.717) is 30.2 Å². The first-order chi connectivity index (χ1) is 15.7. The summed E-state index contributed by atoms with van der Waals surface area (Å²) < 4.78 is 11.8. The van der Waals surface area contributed by atoms with E-state index in [4.69, 9.17) is 15.2 Å². The molecule has 0 saturated carbocycles. The molecule has 1 aliphatic heterocycles. The Balaban J connectivity index is 1.86. The van der Waals surface area contributed by atoms with Crippen LogP contribution in [-0.2, 0) is 16.1 Å². The van der Waals surface area contributed by atoms with Crippen LogP contribution < -0.4 is 36.3 Å². The molecule has 3 N–H and O–H groups in total. The molecule has 1 fully saturated rings. The van der Waals surface area contributed by atoms with Crippen molar-refractivity contribution in [1.82, 2.24) is 9.55 Å². The predicted molar refractivity (Wildman–Crippen MR) is 124 cm³/mol. The SMILES string of the molecule is CCCCn1c(N)c(N(C)C(=O)C2CC(=O)N(c3ccc(OC)c(OC)c3)C2)c(=O)[nH]c1=O. The molecule has 1 aromatic heterocycles. The first-order valence-electron chi connectivity index (χ1n) is 10.7. The number of unbranched alkanes of at least 4 members (excludes halogenated alkanes) is 1. The average Bonchev–Trinajstić information content (AvgIpc) is 3.19. The molecule has 0 spiro atoms. The summed E-state index contributed by atoms with van der Waals surface area (Å²) in [5, 5.41) is 0. The summed E-state index contributed by atoms with van der Waals surface area (Å²) in [6.45, 7) is 2.41. The van der Waals surface area contributed by atoms with Crippen LogP contribution in [0.15, 0.2) is 27.8 Å². The molecule has 33 heavy (non-hydrogen) atoms. The number of amides is 2. The zero-order chi connectivity index (χ0) is 24.3. The quantitative estimate of drug-likeness (QED) is 0.599. The lowest BCUT2D eigenvalue weighted by atomic mass is 10.1. The summed E-state index contributed by atoms with van der Waals surface area (Å²) in [5.74, 6) is -0.455. The average molecular weight is 460 g/mol. The molecule has 178 valence electrons. The van der Waals surface area contributed by atoms with E-state index in [1.807, 2.05) is 6.92 Å². The van der Waals surface area contributed by atoms with Gasteiger partial charge >= 0.3 is 5.69 Å². The van der Waals surface area contributed by atoms with Crippen molar-refractivity contribution in [1.29, 1.82) is 0 Å². The molecule has 1 aliphatic rings. The van der Waals surface area contributed by atoms with E-state index in [0.717, 1.165) is 11.3 Å². The predicted octanol–water partition coefficient (Wildman–Crippen LogP) is 0.952. The summed E-state index contributed by atoms with van der Waals surface area (Å²) in [7, 11) is 4.43. The number of anilines is 3. The molecule has 11 nitrogen and oxygen atoms in total. The van der Waals surface area contributed by atoms with Gasteiger partial charge in [-0.2, -0.15) is 0 Å². The van der Waals surface area contributed by atoms with Crippen molar-refractivity contribution in [3.8, 4) is 11.5 Å². The fourth-order valence-electron chi connectivity index (χ4n) is 3.94. The fourth-order valence-corrected chi connectivity index (χ4v) is 3.94. The van der Waals surface area contributed by atoms with Crippen LogP contribution in [0, 0.1) is 5.92 Å². The number of carbonyl (C=O) groups is 2. The fraction of sp³-hybridized carbons (Fsp3) is 0.455. The lowest BCUT2D eigenvalue weighted by molar-refractivity contribution is -0.124. The number of rotatable bonds is 8. The maximum atomic E-state index is 13.2. The van der Waals surface area contributed by atoms with Gasteiger partial charge in [-0.05, 0) is 18.6 Å². The molecule has 1 unspecified atom stereocenters. The van der Waals surface area contributed by atoms with E-state index in [9.17, 15) is 19.2 Å². The van der Waals surface area contributed by atoms with Gasteiger partial charge in [-0.3, -0.25) is 23.9 Å². The highest BCUT2D eigenvalue weighted by Gasteiger charge is 2.38. The summed E-state index contributed by atoms with van der Waals surface area (Å²) in [4.78, 5) is 55.4. The Labute approximate surface area is 190 Å². The van der Waals surface area contributed by atoms with Crippen molar-refractivity contribution in [3.05, 3.63) is 39.0 Å². The third-order valence-electron chi connectivity index (χ3n) is 5.77. The van der Waals surface area contributed by atoms with Gasteiger partial charge in [0.2, 0.25) is 11.8 Å². The van der Waals surface area contributed by atoms with Crippen molar-refractivity contribution in [2.45, 2.75) is 32.7 Å². The van der Waals surface area contributed by atoms with Crippen LogP contribution in [0.1, 0.15) is 26.2 Å². The largest absolute Gasteiger partial charge is 0.493 e. The number of H-pyrrole nitrogens is 1. The van der Waals surface area contributed by atoms with Crippen LogP contribution in [-0.4, -0.2) is 49.2 Å². The van der Waals surface area contributed by atoms with E-state index in [-0.39, 0.29) is 30.4 Å².